The Balaban J connectivity index is 0.000000213. The van der Waals surface area contributed by atoms with Crippen molar-refractivity contribution in [3.05, 3.63) is 160 Å². The highest BCUT2D eigenvalue weighted by molar-refractivity contribution is 5.99. The molecule has 0 saturated carbocycles. The summed E-state index contributed by atoms with van der Waals surface area (Å²) in [5.41, 5.74) is 2.17. The van der Waals surface area contributed by atoms with Crippen LogP contribution in [-0.2, 0) is 32.0 Å². The van der Waals surface area contributed by atoms with Gasteiger partial charge in [-0.1, -0.05) is 18.2 Å². The van der Waals surface area contributed by atoms with Gasteiger partial charge in [0.05, 0.1) is 33.6 Å². The maximum Gasteiger partial charge on any atom is 0.419 e. The molecule has 0 aliphatic rings. The molecule has 0 unspecified atom stereocenters. The van der Waals surface area contributed by atoms with Gasteiger partial charge in [0.1, 0.15) is 24.7 Å². The summed E-state index contributed by atoms with van der Waals surface area (Å²) < 4.78 is 92.1. The van der Waals surface area contributed by atoms with Crippen molar-refractivity contribution in [3.8, 4) is 11.5 Å². The van der Waals surface area contributed by atoms with Crippen LogP contribution in [0.3, 0.4) is 0 Å². The summed E-state index contributed by atoms with van der Waals surface area (Å²) >= 11 is 0. The summed E-state index contributed by atoms with van der Waals surface area (Å²) in [4.78, 5) is 47.9. The van der Waals surface area contributed by atoms with Gasteiger partial charge >= 0.3 is 12.4 Å². The first kappa shape index (κ1) is 46.3. The minimum absolute atomic E-state index is 0.0455. The number of aromatic nitrogens is 5. The fraction of sp³-hybridized carbons (Fsp3) is 0.239. The number of rotatable bonds is 13. The zero-order chi connectivity index (χ0) is 46.0. The molecule has 0 fully saturated rings. The largest absolute Gasteiger partial charge is 0.492 e. The molecule has 0 saturated heterocycles. The summed E-state index contributed by atoms with van der Waals surface area (Å²) in [6.07, 6.45) is -2.87. The SMILES string of the molecule is Cc1nc2ncccc2cc1C(=O)NCc1ccc(OCCN(C)C)c(C(F)(F)F)c1.Cc1nc2ncccc2cc1C(=O)NCc1ccc(OCc2cccnc2)c(C(F)(F)F)c1. The third-order valence-electron chi connectivity index (χ3n) is 9.57. The number of pyridine rings is 5. The van der Waals surface area contributed by atoms with Crippen molar-refractivity contribution in [2.24, 2.45) is 0 Å². The highest BCUT2D eigenvalue weighted by atomic mass is 19.4. The van der Waals surface area contributed by atoms with Gasteiger partial charge in [0.15, 0.2) is 11.3 Å². The monoisotopic (exact) mass is 884 g/mol. The van der Waals surface area contributed by atoms with Crippen LogP contribution in [0.4, 0.5) is 26.3 Å². The quantitative estimate of drug-likeness (QED) is 0.108. The van der Waals surface area contributed by atoms with E-state index in [4.69, 9.17) is 9.47 Å². The van der Waals surface area contributed by atoms with Crippen molar-refractivity contribution in [2.75, 3.05) is 27.2 Å². The van der Waals surface area contributed by atoms with Gasteiger partial charge in [-0.15, -0.1) is 0 Å². The molecule has 7 aromatic rings. The van der Waals surface area contributed by atoms with Crippen molar-refractivity contribution < 1.29 is 45.4 Å². The molecule has 0 bridgehead atoms. The van der Waals surface area contributed by atoms with E-state index in [0.29, 0.717) is 62.3 Å². The molecule has 64 heavy (non-hydrogen) atoms. The van der Waals surface area contributed by atoms with Crippen LogP contribution < -0.4 is 20.1 Å². The van der Waals surface area contributed by atoms with Crippen LogP contribution in [0.2, 0.25) is 0 Å². The molecule has 0 aliphatic heterocycles. The van der Waals surface area contributed by atoms with Crippen molar-refractivity contribution in [1.29, 1.82) is 0 Å². The highest BCUT2D eigenvalue weighted by Crippen LogP contribution is 2.38. The Hall–Kier alpha value is -7.21. The lowest BCUT2D eigenvalue weighted by Gasteiger charge is -2.17. The summed E-state index contributed by atoms with van der Waals surface area (Å²) in [6.45, 7) is 3.79. The van der Waals surface area contributed by atoms with E-state index < -0.39 is 35.3 Å². The number of alkyl halides is 6. The molecular formula is C46H42F6N8O4. The van der Waals surface area contributed by atoms with Crippen molar-refractivity contribution in [2.45, 2.75) is 45.9 Å². The summed E-state index contributed by atoms with van der Waals surface area (Å²) in [5.74, 6) is -1.37. The maximum absolute atomic E-state index is 13.6. The first-order valence-electron chi connectivity index (χ1n) is 19.7. The fourth-order valence-corrected chi connectivity index (χ4v) is 6.26. The molecule has 0 atom stereocenters. The van der Waals surface area contributed by atoms with E-state index >= 15 is 0 Å². The van der Waals surface area contributed by atoms with Crippen LogP contribution in [0.25, 0.3) is 22.1 Å². The van der Waals surface area contributed by atoms with E-state index in [-0.39, 0.29) is 43.4 Å². The summed E-state index contributed by atoms with van der Waals surface area (Å²) in [7, 11) is 3.62. The molecule has 332 valence electrons. The van der Waals surface area contributed by atoms with Crippen molar-refractivity contribution >= 4 is 33.9 Å². The molecule has 2 N–H and O–H groups in total. The number of halogens is 6. The standard InChI is InChI=1S/C24H19F3N4O2.C22H23F3N4O2/c1-15-19(11-18-5-3-9-29-22(18)31-15)23(32)30-13-16-6-7-21(20(10-16)24(25,26)27)33-14-17-4-2-8-28-12-17;1-14-17(12-16-5-4-8-26-20(16)28-14)21(30)27-13-15-6-7-19(31-10-9-29(2)3)18(11-15)22(23,24)25/h2-12H,13-14H2,1H3,(H,30,32);4-8,11-12H,9-10,13H2,1-3H3,(H,27,30). The van der Waals surface area contributed by atoms with Crippen LogP contribution in [0.5, 0.6) is 11.5 Å². The second-order valence-corrected chi connectivity index (χ2v) is 14.7. The molecule has 12 nitrogen and oxygen atoms in total. The number of hydrogen-bond donors (Lipinski definition) is 2. The van der Waals surface area contributed by atoms with E-state index in [1.807, 2.05) is 19.0 Å². The Bertz CT molecular complexity index is 2750. The van der Waals surface area contributed by atoms with Crippen molar-refractivity contribution in [1.82, 2.24) is 40.5 Å². The average molecular weight is 885 g/mol. The molecule has 2 amide bonds. The molecule has 0 radical (unpaired) electrons. The molecular weight excluding hydrogens is 843 g/mol. The predicted octanol–water partition coefficient (Wildman–Crippen LogP) is 8.69. The molecule has 0 spiro atoms. The van der Waals surface area contributed by atoms with E-state index in [0.717, 1.165) is 12.1 Å². The van der Waals surface area contributed by atoms with E-state index in [9.17, 15) is 35.9 Å². The third-order valence-corrected chi connectivity index (χ3v) is 9.57. The maximum atomic E-state index is 13.6. The zero-order valence-electron chi connectivity index (χ0n) is 35.0. The Labute approximate surface area is 363 Å². The number of carbonyl (C=O) groups excluding carboxylic acids is 2. The number of likely N-dealkylation sites (N-methyl/N-ethyl adjacent to an activating group) is 1. The van der Waals surface area contributed by atoms with E-state index in [1.54, 1.807) is 81.0 Å². The molecule has 5 heterocycles. The van der Waals surface area contributed by atoms with Gasteiger partial charge in [0.25, 0.3) is 11.8 Å². The normalized spacial score (nSPS) is 11.5. The van der Waals surface area contributed by atoms with Crippen LogP contribution in [0, 0.1) is 13.8 Å². The third kappa shape index (κ3) is 12.2. The number of nitrogens with one attached hydrogen (secondary N) is 2. The number of aryl methyl sites for hydroxylation is 2. The zero-order valence-corrected chi connectivity index (χ0v) is 35.0. The van der Waals surface area contributed by atoms with Crippen LogP contribution in [0.1, 0.15) is 59.9 Å². The first-order valence-corrected chi connectivity index (χ1v) is 19.7. The Morgan fingerprint density at radius 3 is 1.56 bits per heavy atom. The summed E-state index contributed by atoms with van der Waals surface area (Å²) in [5, 5.41) is 6.73. The minimum atomic E-state index is -4.61. The number of hydrogen-bond acceptors (Lipinski definition) is 10. The predicted molar refractivity (Wildman–Crippen MR) is 226 cm³/mol. The highest BCUT2D eigenvalue weighted by Gasteiger charge is 2.36. The topological polar surface area (TPSA) is 144 Å². The number of fused-ring (bicyclic) bond motifs is 2. The van der Waals surface area contributed by atoms with E-state index in [1.165, 1.54) is 30.5 Å². The van der Waals surface area contributed by atoms with Gasteiger partial charge < -0.3 is 25.0 Å². The van der Waals surface area contributed by atoms with Gasteiger partial charge in [0.2, 0.25) is 0 Å². The Kier molecular flexibility index (Phi) is 14.7. The van der Waals surface area contributed by atoms with Gasteiger partial charge in [0, 0.05) is 60.8 Å². The minimum Gasteiger partial charge on any atom is -0.492 e. The van der Waals surface area contributed by atoms with Crippen LogP contribution >= 0.6 is 0 Å². The number of nitrogens with zero attached hydrogens (tertiary/aromatic N) is 6. The first-order chi connectivity index (χ1) is 30.5. The van der Waals surface area contributed by atoms with Gasteiger partial charge in [-0.05, 0) is 106 Å². The second-order valence-electron chi connectivity index (χ2n) is 14.7. The molecule has 5 aromatic heterocycles. The fourth-order valence-electron chi connectivity index (χ4n) is 6.26. The van der Waals surface area contributed by atoms with Gasteiger partial charge in [-0.2, -0.15) is 26.3 Å². The number of carbonyl (C=O) groups is 2. The molecule has 18 heteroatoms. The number of benzene rings is 2. The molecule has 2 aromatic carbocycles. The number of amides is 2. The van der Waals surface area contributed by atoms with Gasteiger partial charge in [-0.25, -0.2) is 19.9 Å². The van der Waals surface area contributed by atoms with Crippen LogP contribution in [-0.4, -0.2) is 68.9 Å². The second kappa shape index (κ2) is 20.3. The Morgan fingerprint density at radius 2 is 1.11 bits per heavy atom. The lowest BCUT2D eigenvalue weighted by Crippen LogP contribution is -2.24. The summed E-state index contributed by atoms with van der Waals surface area (Å²) in [6, 6.07) is 21.3. The molecule has 7 rings (SSSR count). The van der Waals surface area contributed by atoms with Gasteiger partial charge in [-0.3, -0.25) is 14.6 Å². The average Bonchev–Trinajstić information content (AvgIpc) is 3.26. The van der Waals surface area contributed by atoms with Crippen molar-refractivity contribution in [3.63, 3.8) is 0 Å². The lowest BCUT2D eigenvalue weighted by molar-refractivity contribution is -0.139. The smallest absolute Gasteiger partial charge is 0.419 e. The Morgan fingerprint density at radius 1 is 0.625 bits per heavy atom. The van der Waals surface area contributed by atoms with E-state index in [2.05, 4.69) is 35.6 Å². The lowest BCUT2D eigenvalue weighted by atomic mass is 10.1. The number of ether oxygens (including phenoxy) is 2. The van der Waals surface area contributed by atoms with Crippen LogP contribution in [0.15, 0.2) is 110 Å². The molecule has 0 aliphatic carbocycles.